The lowest BCUT2D eigenvalue weighted by Gasteiger charge is -2.18. The summed E-state index contributed by atoms with van der Waals surface area (Å²) in [5, 5.41) is 9.78. The number of aromatic hydroxyl groups is 1. The molecule has 0 saturated heterocycles. The second kappa shape index (κ2) is 9.66. The van der Waals surface area contributed by atoms with Crippen LogP contribution in [0.25, 0.3) is 11.1 Å². The number of benzene rings is 3. The van der Waals surface area contributed by atoms with Crippen LogP contribution in [-0.2, 0) is 24.2 Å². The van der Waals surface area contributed by atoms with E-state index < -0.39 is 0 Å². The van der Waals surface area contributed by atoms with Crippen molar-refractivity contribution < 1.29 is 9.90 Å². The summed E-state index contributed by atoms with van der Waals surface area (Å²) in [6.45, 7) is 0.545. The summed E-state index contributed by atoms with van der Waals surface area (Å²) in [7, 11) is 1.83. The average molecular weight is 445 g/mol. The van der Waals surface area contributed by atoms with E-state index >= 15 is 0 Å². The van der Waals surface area contributed by atoms with Gasteiger partial charge in [0.05, 0.1) is 11.3 Å². The Morgan fingerprint density at radius 1 is 0.906 bits per heavy atom. The van der Waals surface area contributed by atoms with Gasteiger partial charge in [-0.15, -0.1) is 0 Å². The fourth-order valence-corrected chi connectivity index (χ4v) is 4.35. The van der Waals surface area contributed by atoms with Crippen molar-refractivity contribution in [2.45, 2.75) is 19.4 Å². The van der Waals surface area contributed by atoms with E-state index in [1.807, 2.05) is 79.8 Å². The smallest absolute Gasteiger partial charge is 0.307 e. The summed E-state index contributed by atoms with van der Waals surface area (Å²) < 4.78 is 0. The van der Waals surface area contributed by atoms with E-state index in [0.29, 0.717) is 24.3 Å². The Balaban J connectivity index is 1.42. The van der Waals surface area contributed by atoms with Crippen LogP contribution in [0.3, 0.4) is 0 Å². The molecular formula is C26H24N2O3S. The molecule has 0 fully saturated rings. The molecule has 162 valence electrons. The van der Waals surface area contributed by atoms with Gasteiger partial charge in [-0.25, -0.2) is 0 Å². The first kappa shape index (κ1) is 21.6. The van der Waals surface area contributed by atoms with E-state index in [-0.39, 0.29) is 16.7 Å². The molecule has 0 aliphatic carbocycles. The summed E-state index contributed by atoms with van der Waals surface area (Å²) in [4.78, 5) is 28.5. The summed E-state index contributed by atoms with van der Waals surface area (Å²) in [6.07, 6.45) is 0.897. The number of rotatable bonds is 7. The molecule has 0 atom stereocenters. The topological polar surface area (TPSA) is 73.4 Å². The van der Waals surface area contributed by atoms with Crippen molar-refractivity contribution in [3.05, 3.63) is 110 Å². The average Bonchev–Trinajstić information content (AvgIpc) is 3.11. The van der Waals surface area contributed by atoms with Gasteiger partial charge in [0.1, 0.15) is 0 Å². The molecule has 0 aliphatic rings. The maximum atomic E-state index is 12.6. The van der Waals surface area contributed by atoms with E-state index in [0.717, 1.165) is 39.2 Å². The Morgan fingerprint density at radius 2 is 1.62 bits per heavy atom. The molecule has 0 radical (unpaired) electrons. The van der Waals surface area contributed by atoms with Gasteiger partial charge in [0.25, 0.3) is 0 Å². The van der Waals surface area contributed by atoms with Crippen LogP contribution in [0.5, 0.6) is 5.88 Å². The Kier molecular flexibility index (Phi) is 6.52. The van der Waals surface area contributed by atoms with Crippen LogP contribution in [0.2, 0.25) is 0 Å². The van der Waals surface area contributed by atoms with Gasteiger partial charge in [-0.05, 0) is 33.9 Å². The number of hydrogen-bond acceptors (Lipinski definition) is 4. The van der Waals surface area contributed by atoms with E-state index in [1.54, 1.807) is 4.90 Å². The molecule has 32 heavy (non-hydrogen) atoms. The van der Waals surface area contributed by atoms with Crippen molar-refractivity contribution >= 4 is 17.2 Å². The van der Waals surface area contributed by atoms with Gasteiger partial charge < -0.3 is 10.0 Å². The Morgan fingerprint density at radius 3 is 2.31 bits per heavy atom. The minimum Gasteiger partial charge on any atom is -0.494 e. The van der Waals surface area contributed by atoms with E-state index in [9.17, 15) is 14.7 Å². The predicted octanol–water partition coefficient (Wildman–Crippen LogP) is 4.60. The van der Waals surface area contributed by atoms with Gasteiger partial charge in [0.15, 0.2) is 0 Å². The summed E-state index contributed by atoms with van der Waals surface area (Å²) in [6, 6.07) is 26.0. The molecule has 0 spiro atoms. The largest absolute Gasteiger partial charge is 0.494 e. The quantitative estimate of drug-likeness (QED) is 0.438. The van der Waals surface area contributed by atoms with Gasteiger partial charge in [-0.2, -0.15) is 0 Å². The van der Waals surface area contributed by atoms with Crippen molar-refractivity contribution in [2.24, 2.45) is 0 Å². The van der Waals surface area contributed by atoms with Gasteiger partial charge in [0.2, 0.25) is 11.8 Å². The number of hydrogen-bond donors (Lipinski definition) is 2. The number of carbonyl (C=O) groups excluding carboxylic acids is 1. The SMILES string of the molecule is CN(Cc1cccc(-c2ccc(Cc3sc(=O)[nH]c3O)cc2)c1)C(=O)Cc1ccccc1. The number of likely N-dealkylation sites (N-methyl/N-ethyl adjacent to an activating group) is 1. The first-order chi connectivity index (χ1) is 15.5. The normalized spacial score (nSPS) is 10.8. The molecule has 1 amide bonds. The highest BCUT2D eigenvalue weighted by Gasteiger charge is 2.11. The first-order valence-electron chi connectivity index (χ1n) is 10.3. The van der Waals surface area contributed by atoms with Gasteiger partial charge in [0, 0.05) is 20.0 Å². The van der Waals surface area contributed by atoms with Crippen LogP contribution in [0.4, 0.5) is 0 Å². The zero-order valence-corrected chi connectivity index (χ0v) is 18.6. The second-order valence-corrected chi connectivity index (χ2v) is 8.84. The highest BCUT2D eigenvalue weighted by atomic mass is 32.1. The lowest BCUT2D eigenvalue weighted by Crippen LogP contribution is -2.27. The highest BCUT2D eigenvalue weighted by molar-refractivity contribution is 7.09. The Hall–Kier alpha value is -3.64. The molecule has 0 saturated carbocycles. The molecule has 0 unspecified atom stereocenters. The number of aromatic nitrogens is 1. The molecule has 4 rings (SSSR count). The molecule has 0 bridgehead atoms. The third-order valence-corrected chi connectivity index (χ3v) is 6.19. The summed E-state index contributed by atoms with van der Waals surface area (Å²) in [5.74, 6) is 0.0315. The number of carbonyl (C=O) groups is 1. The number of nitrogens with zero attached hydrogens (tertiary/aromatic N) is 1. The minimum atomic E-state index is -0.252. The number of thiazole rings is 1. The van der Waals surface area contributed by atoms with E-state index in [1.165, 1.54) is 0 Å². The van der Waals surface area contributed by atoms with Gasteiger partial charge in [-0.1, -0.05) is 84.1 Å². The minimum absolute atomic E-state index is 0.0530. The Labute approximate surface area is 190 Å². The van der Waals surface area contributed by atoms with Gasteiger partial charge >= 0.3 is 4.87 Å². The number of aromatic amines is 1. The third kappa shape index (κ3) is 5.34. The molecule has 1 aromatic heterocycles. The predicted molar refractivity (Wildman–Crippen MR) is 128 cm³/mol. The molecule has 2 N–H and O–H groups in total. The van der Waals surface area contributed by atoms with E-state index in [4.69, 9.17) is 0 Å². The lowest BCUT2D eigenvalue weighted by molar-refractivity contribution is -0.129. The second-order valence-electron chi connectivity index (χ2n) is 7.77. The number of amides is 1. The van der Waals surface area contributed by atoms with Crippen molar-refractivity contribution in [3.8, 4) is 17.0 Å². The monoisotopic (exact) mass is 444 g/mol. The molecule has 5 nitrogen and oxygen atoms in total. The molecule has 1 heterocycles. The zero-order chi connectivity index (χ0) is 22.5. The zero-order valence-electron chi connectivity index (χ0n) is 17.7. The standard InChI is InChI=1S/C26H24N2O3S/c1-28(24(29)16-18-6-3-2-4-7-18)17-20-8-5-9-22(14-20)21-12-10-19(11-13-21)15-23-25(30)27-26(31)32-23/h2-14,30H,15-17H2,1H3,(H,27,31). The van der Waals surface area contributed by atoms with Crippen LogP contribution >= 0.6 is 11.3 Å². The number of nitrogens with one attached hydrogen (secondary N) is 1. The van der Waals surface area contributed by atoms with Crippen molar-refractivity contribution in [3.63, 3.8) is 0 Å². The van der Waals surface area contributed by atoms with Crippen LogP contribution in [0.1, 0.15) is 21.6 Å². The molecular weight excluding hydrogens is 420 g/mol. The molecule has 0 aliphatic heterocycles. The van der Waals surface area contributed by atoms with Crippen molar-refractivity contribution in [1.82, 2.24) is 9.88 Å². The van der Waals surface area contributed by atoms with Gasteiger partial charge in [-0.3, -0.25) is 14.6 Å². The molecule has 3 aromatic carbocycles. The summed E-state index contributed by atoms with van der Waals surface area (Å²) >= 11 is 1.03. The third-order valence-electron chi connectivity index (χ3n) is 5.32. The molecule has 6 heteroatoms. The van der Waals surface area contributed by atoms with Crippen LogP contribution in [0.15, 0.2) is 83.7 Å². The lowest BCUT2D eigenvalue weighted by atomic mass is 10.0. The highest BCUT2D eigenvalue weighted by Crippen LogP contribution is 2.24. The van der Waals surface area contributed by atoms with Crippen molar-refractivity contribution in [2.75, 3.05) is 7.05 Å². The fraction of sp³-hybridized carbons (Fsp3) is 0.154. The Bertz CT molecular complexity index is 1260. The maximum absolute atomic E-state index is 12.6. The summed E-state index contributed by atoms with van der Waals surface area (Å²) in [5.41, 5.74) is 5.24. The number of H-pyrrole nitrogens is 1. The van der Waals surface area contributed by atoms with Crippen molar-refractivity contribution in [1.29, 1.82) is 0 Å². The van der Waals surface area contributed by atoms with Crippen LogP contribution in [0, 0.1) is 0 Å². The van der Waals surface area contributed by atoms with Crippen LogP contribution in [-0.4, -0.2) is 27.9 Å². The molecule has 4 aromatic rings. The maximum Gasteiger partial charge on any atom is 0.307 e. The van der Waals surface area contributed by atoms with Crippen LogP contribution < -0.4 is 4.87 Å². The first-order valence-corrected chi connectivity index (χ1v) is 11.2. The van der Waals surface area contributed by atoms with E-state index in [2.05, 4.69) is 11.1 Å². The fourth-order valence-electron chi connectivity index (χ4n) is 3.59.